The molecule has 0 bridgehead atoms. The molecule has 0 unspecified atom stereocenters. The number of benzene rings is 1. The maximum atomic E-state index is 12.4. The third-order valence-electron chi connectivity index (χ3n) is 7.38. The molecule has 4 aromatic rings. The standard InChI is InChI=1S/C31H30N4O4/c1-18-13-21(31(36)35(3)4)16-34-29(18)27-15-25-30(39-27)28(23(17-33-25)19-5-6-19)20-7-8-26(24(14-20)32-2)38-22-9-11-37-12-10-22/h7-8,13-17,19,22H,5-6,9-12H2,1,3-4H3. The molecule has 8 heteroatoms. The van der Waals surface area contributed by atoms with Crippen LogP contribution < -0.4 is 4.74 Å². The Morgan fingerprint density at radius 1 is 1.08 bits per heavy atom. The summed E-state index contributed by atoms with van der Waals surface area (Å²) in [7, 11) is 3.44. The van der Waals surface area contributed by atoms with Crippen LogP contribution in [0.3, 0.4) is 0 Å². The van der Waals surface area contributed by atoms with E-state index in [0.717, 1.165) is 53.5 Å². The molecule has 2 fully saturated rings. The van der Waals surface area contributed by atoms with Gasteiger partial charge in [-0.3, -0.25) is 14.8 Å². The van der Waals surface area contributed by atoms with Gasteiger partial charge in [0.05, 0.1) is 25.3 Å². The summed E-state index contributed by atoms with van der Waals surface area (Å²) >= 11 is 0. The highest BCUT2D eigenvalue weighted by Gasteiger charge is 2.30. The highest BCUT2D eigenvalue weighted by atomic mass is 16.5. The molecule has 3 aromatic heterocycles. The Morgan fingerprint density at radius 3 is 2.56 bits per heavy atom. The van der Waals surface area contributed by atoms with E-state index in [-0.39, 0.29) is 12.0 Å². The number of rotatable bonds is 6. The first-order chi connectivity index (χ1) is 18.9. The number of carbonyl (C=O) groups is 1. The van der Waals surface area contributed by atoms with E-state index in [2.05, 4.69) is 9.83 Å². The molecule has 0 N–H and O–H groups in total. The van der Waals surface area contributed by atoms with Gasteiger partial charge in [0.2, 0.25) is 5.69 Å². The van der Waals surface area contributed by atoms with Crippen LogP contribution in [0, 0.1) is 13.5 Å². The Hall–Kier alpha value is -4.22. The summed E-state index contributed by atoms with van der Waals surface area (Å²) in [5.41, 5.74) is 6.94. The van der Waals surface area contributed by atoms with Crippen molar-refractivity contribution in [1.29, 1.82) is 0 Å². The monoisotopic (exact) mass is 522 g/mol. The number of aryl methyl sites for hydroxylation is 1. The number of furan rings is 1. The van der Waals surface area contributed by atoms with Gasteiger partial charge in [-0.15, -0.1) is 0 Å². The predicted molar refractivity (Wildman–Crippen MR) is 148 cm³/mol. The fourth-order valence-corrected chi connectivity index (χ4v) is 5.15. The molecule has 1 saturated heterocycles. The first-order valence-electron chi connectivity index (χ1n) is 13.3. The second-order valence-corrected chi connectivity index (χ2v) is 10.5. The Labute approximate surface area is 227 Å². The molecule has 39 heavy (non-hydrogen) atoms. The molecule has 8 nitrogen and oxygen atoms in total. The molecule has 4 heterocycles. The molecular formula is C31H30N4O4. The minimum absolute atomic E-state index is 0.0579. The number of hydrogen-bond donors (Lipinski definition) is 0. The third kappa shape index (κ3) is 4.86. The van der Waals surface area contributed by atoms with Crippen LogP contribution in [0.15, 0.2) is 47.1 Å². The summed E-state index contributed by atoms with van der Waals surface area (Å²) in [4.78, 5) is 27.0. The Balaban J connectivity index is 1.42. The summed E-state index contributed by atoms with van der Waals surface area (Å²) in [6.45, 7) is 11.1. The van der Waals surface area contributed by atoms with Crippen molar-refractivity contribution < 1.29 is 18.7 Å². The summed E-state index contributed by atoms with van der Waals surface area (Å²) < 4.78 is 18.1. The lowest BCUT2D eigenvalue weighted by Crippen LogP contribution is -2.25. The fourth-order valence-electron chi connectivity index (χ4n) is 5.15. The number of amides is 1. The number of aromatic nitrogens is 2. The minimum atomic E-state index is -0.0976. The predicted octanol–water partition coefficient (Wildman–Crippen LogP) is 6.55. The van der Waals surface area contributed by atoms with Crippen molar-refractivity contribution in [3.05, 3.63) is 70.8 Å². The maximum Gasteiger partial charge on any atom is 0.254 e. The lowest BCUT2D eigenvalue weighted by Gasteiger charge is -2.24. The average molecular weight is 523 g/mol. The maximum absolute atomic E-state index is 12.4. The highest BCUT2D eigenvalue weighted by molar-refractivity contribution is 5.96. The van der Waals surface area contributed by atoms with Crippen LogP contribution in [0.4, 0.5) is 5.69 Å². The van der Waals surface area contributed by atoms with Crippen LogP contribution in [-0.4, -0.2) is 54.2 Å². The van der Waals surface area contributed by atoms with Crippen LogP contribution in [-0.2, 0) is 4.74 Å². The van der Waals surface area contributed by atoms with Crippen molar-refractivity contribution in [3.63, 3.8) is 0 Å². The van der Waals surface area contributed by atoms with Gasteiger partial charge in [0.25, 0.3) is 5.91 Å². The van der Waals surface area contributed by atoms with E-state index >= 15 is 0 Å². The van der Waals surface area contributed by atoms with Crippen LogP contribution in [0.5, 0.6) is 5.75 Å². The first kappa shape index (κ1) is 25.1. The quantitative estimate of drug-likeness (QED) is 0.267. The largest absolute Gasteiger partial charge is 0.501 e. The van der Waals surface area contributed by atoms with Crippen molar-refractivity contribution in [2.45, 2.75) is 44.6 Å². The van der Waals surface area contributed by atoms with E-state index in [9.17, 15) is 4.79 Å². The molecule has 6 rings (SSSR count). The van der Waals surface area contributed by atoms with E-state index < -0.39 is 0 Å². The van der Waals surface area contributed by atoms with Crippen molar-refractivity contribution in [3.8, 4) is 28.3 Å². The third-order valence-corrected chi connectivity index (χ3v) is 7.38. The van der Waals surface area contributed by atoms with Crippen molar-refractivity contribution >= 4 is 22.7 Å². The number of ether oxygens (including phenoxy) is 2. The lowest BCUT2D eigenvalue weighted by molar-refractivity contribution is 0.0259. The molecular weight excluding hydrogens is 492 g/mol. The molecule has 1 aliphatic heterocycles. The van der Waals surface area contributed by atoms with Crippen LogP contribution >= 0.6 is 0 Å². The highest BCUT2D eigenvalue weighted by Crippen LogP contribution is 2.48. The normalized spacial score (nSPS) is 15.7. The summed E-state index contributed by atoms with van der Waals surface area (Å²) in [6, 6.07) is 9.54. The van der Waals surface area contributed by atoms with E-state index in [1.165, 1.54) is 4.90 Å². The molecule has 1 saturated carbocycles. The van der Waals surface area contributed by atoms with Crippen LogP contribution in [0.1, 0.15) is 53.1 Å². The number of pyridine rings is 2. The van der Waals surface area contributed by atoms with Gasteiger partial charge in [-0.25, -0.2) is 4.85 Å². The van der Waals surface area contributed by atoms with Gasteiger partial charge in [-0.05, 0) is 60.6 Å². The van der Waals surface area contributed by atoms with Gasteiger partial charge < -0.3 is 18.8 Å². The van der Waals surface area contributed by atoms with Gasteiger partial charge in [-0.2, -0.15) is 0 Å². The first-order valence-corrected chi connectivity index (χ1v) is 13.3. The average Bonchev–Trinajstić information content (AvgIpc) is 3.71. The van der Waals surface area contributed by atoms with E-state index in [0.29, 0.717) is 53.2 Å². The molecule has 2 aliphatic rings. The van der Waals surface area contributed by atoms with E-state index in [4.69, 9.17) is 25.4 Å². The minimum Gasteiger partial charge on any atom is -0.501 e. The number of carbonyl (C=O) groups excluding carboxylic acids is 1. The van der Waals surface area contributed by atoms with E-state index in [1.54, 1.807) is 20.3 Å². The molecule has 0 radical (unpaired) electrons. The number of fused-ring (bicyclic) bond motifs is 1. The molecule has 0 spiro atoms. The Morgan fingerprint density at radius 2 is 1.87 bits per heavy atom. The van der Waals surface area contributed by atoms with Gasteiger partial charge >= 0.3 is 0 Å². The molecule has 1 amide bonds. The van der Waals surface area contributed by atoms with Crippen LogP contribution in [0.2, 0.25) is 0 Å². The van der Waals surface area contributed by atoms with Gasteiger partial charge in [0.1, 0.15) is 23.1 Å². The van der Waals surface area contributed by atoms with Crippen molar-refractivity contribution in [2.24, 2.45) is 0 Å². The topological polar surface area (TPSA) is 82.1 Å². The SMILES string of the molecule is [C-]#[N+]c1cc(-c2c(C3CC3)cnc3cc(-c4ncc(C(=O)N(C)C)cc4C)oc23)ccc1OC1CCOCC1. The zero-order chi connectivity index (χ0) is 27.1. The Bertz CT molecular complexity index is 1610. The van der Waals surface area contributed by atoms with Gasteiger partial charge in [0, 0.05) is 51.0 Å². The van der Waals surface area contributed by atoms with Crippen molar-refractivity contribution in [1.82, 2.24) is 14.9 Å². The van der Waals surface area contributed by atoms with Crippen molar-refractivity contribution in [2.75, 3.05) is 27.3 Å². The second kappa shape index (κ2) is 10.2. The van der Waals surface area contributed by atoms with Gasteiger partial charge in [0.15, 0.2) is 11.3 Å². The summed E-state index contributed by atoms with van der Waals surface area (Å²) in [5, 5.41) is 0. The summed E-state index contributed by atoms with van der Waals surface area (Å²) in [5.74, 6) is 1.53. The number of hydrogen-bond acceptors (Lipinski definition) is 6. The number of nitrogens with zero attached hydrogens (tertiary/aromatic N) is 4. The molecule has 198 valence electrons. The molecule has 1 aromatic carbocycles. The Kier molecular flexibility index (Phi) is 6.53. The zero-order valence-electron chi connectivity index (χ0n) is 22.4. The van der Waals surface area contributed by atoms with E-state index in [1.807, 2.05) is 43.5 Å². The zero-order valence-corrected chi connectivity index (χ0v) is 22.4. The fraction of sp³-hybridized carbons (Fsp3) is 0.355. The van der Waals surface area contributed by atoms with Gasteiger partial charge in [-0.1, -0.05) is 6.07 Å². The molecule has 1 aliphatic carbocycles. The smallest absolute Gasteiger partial charge is 0.254 e. The lowest BCUT2D eigenvalue weighted by atomic mass is 9.97. The second-order valence-electron chi connectivity index (χ2n) is 10.5. The molecule has 0 atom stereocenters. The van der Waals surface area contributed by atoms with Crippen LogP contribution in [0.25, 0.3) is 38.5 Å². The summed E-state index contributed by atoms with van der Waals surface area (Å²) in [6.07, 6.45) is 7.44.